The maximum Gasteiger partial charge on any atom is 0.269 e. The highest BCUT2D eigenvalue weighted by molar-refractivity contribution is 5.94. The van der Waals surface area contributed by atoms with Crippen LogP contribution in [0.4, 0.5) is 5.69 Å². The SMILES string of the molecule is CC[C@@H](NC(=O)c1ccc2nncn2c1)c1cccc([N+](=O)[O-])c1. The topological polar surface area (TPSA) is 102 Å². The van der Waals surface area contributed by atoms with Gasteiger partial charge < -0.3 is 5.32 Å². The zero-order chi connectivity index (χ0) is 17.1. The molecule has 8 heteroatoms. The van der Waals surface area contributed by atoms with Crippen molar-refractivity contribution >= 4 is 17.2 Å². The Morgan fingerprint density at radius 2 is 2.21 bits per heavy atom. The van der Waals surface area contributed by atoms with E-state index in [0.29, 0.717) is 23.2 Å². The van der Waals surface area contributed by atoms with Gasteiger partial charge in [0.15, 0.2) is 5.65 Å². The van der Waals surface area contributed by atoms with E-state index in [1.54, 1.807) is 34.9 Å². The lowest BCUT2D eigenvalue weighted by Crippen LogP contribution is -2.28. The van der Waals surface area contributed by atoms with Crippen molar-refractivity contribution in [2.75, 3.05) is 0 Å². The molecular weight excluding hydrogens is 310 g/mol. The van der Waals surface area contributed by atoms with Crippen LogP contribution in [0.3, 0.4) is 0 Å². The molecule has 0 spiro atoms. The van der Waals surface area contributed by atoms with E-state index in [2.05, 4.69) is 15.5 Å². The van der Waals surface area contributed by atoms with Crippen LogP contribution in [0.1, 0.15) is 35.3 Å². The van der Waals surface area contributed by atoms with Gasteiger partial charge in [-0.25, -0.2) is 0 Å². The van der Waals surface area contributed by atoms with Crippen molar-refractivity contribution in [2.24, 2.45) is 0 Å². The van der Waals surface area contributed by atoms with Gasteiger partial charge in [0.1, 0.15) is 6.33 Å². The highest BCUT2D eigenvalue weighted by atomic mass is 16.6. The Labute approximate surface area is 137 Å². The average Bonchev–Trinajstić information content (AvgIpc) is 3.07. The Hall–Kier alpha value is -3.29. The molecule has 0 aliphatic carbocycles. The molecule has 0 aliphatic rings. The van der Waals surface area contributed by atoms with Gasteiger partial charge >= 0.3 is 0 Å². The highest BCUT2D eigenvalue weighted by Crippen LogP contribution is 2.22. The first-order chi connectivity index (χ1) is 11.6. The van der Waals surface area contributed by atoms with Crippen molar-refractivity contribution in [3.8, 4) is 0 Å². The van der Waals surface area contributed by atoms with Gasteiger partial charge in [-0.15, -0.1) is 10.2 Å². The number of non-ortho nitro benzene ring substituents is 1. The quantitative estimate of drug-likeness (QED) is 0.573. The Morgan fingerprint density at radius 3 is 2.96 bits per heavy atom. The number of benzene rings is 1. The highest BCUT2D eigenvalue weighted by Gasteiger charge is 2.17. The summed E-state index contributed by atoms with van der Waals surface area (Å²) in [6, 6.07) is 9.36. The number of carbonyl (C=O) groups is 1. The smallest absolute Gasteiger partial charge is 0.269 e. The maximum atomic E-state index is 12.5. The molecule has 1 atom stereocenters. The molecule has 1 aromatic carbocycles. The first-order valence-electron chi connectivity index (χ1n) is 7.43. The summed E-state index contributed by atoms with van der Waals surface area (Å²) in [5.41, 5.74) is 1.82. The van der Waals surface area contributed by atoms with Gasteiger partial charge in [-0.05, 0) is 24.1 Å². The molecule has 2 heterocycles. The van der Waals surface area contributed by atoms with Gasteiger partial charge in [0.2, 0.25) is 0 Å². The zero-order valence-corrected chi connectivity index (χ0v) is 12.9. The summed E-state index contributed by atoms with van der Waals surface area (Å²) in [6.45, 7) is 1.91. The minimum absolute atomic E-state index is 0.00566. The number of rotatable bonds is 5. The monoisotopic (exact) mass is 325 g/mol. The van der Waals surface area contributed by atoms with E-state index >= 15 is 0 Å². The van der Waals surface area contributed by atoms with Crippen LogP contribution in [0.15, 0.2) is 48.9 Å². The van der Waals surface area contributed by atoms with Gasteiger partial charge in [-0.2, -0.15) is 0 Å². The summed E-state index contributed by atoms with van der Waals surface area (Å²) in [5, 5.41) is 21.5. The van der Waals surface area contributed by atoms with E-state index in [9.17, 15) is 14.9 Å². The molecule has 3 aromatic rings. The number of amides is 1. The molecule has 3 rings (SSSR count). The fraction of sp³-hybridized carbons (Fsp3) is 0.188. The molecular formula is C16H15N5O3. The Morgan fingerprint density at radius 1 is 1.38 bits per heavy atom. The summed E-state index contributed by atoms with van der Waals surface area (Å²) in [7, 11) is 0. The van der Waals surface area contributed by atoms with Crippen LogP contribution in [0.25, 0.3) is 5.65 Å². The molecule has 0 saturated carbocycles. The van der Waals surface area contributed by atoms with Gasteiger partial charge in [-0.1, -0.05) is 19.1 Å². The molecule has 0 unspecified atom stereocenters. The second-order valence-electron chi connectivity index (χ2n) is 5.30. The van der Waals surface area contributed by atoms with Crippen LogP contribution in [-0.4, -0.2) is 25.4 Å². The number of carbonyl (C=O) groups excluding carboxylic acids is 1. The Balaban J connectivity index is 1.82. The zero-order valence-electron chi connectivity index (χ0n) is 12.9. The van der Waals surface area contributed by atoms with Crippen molar-refractivity contribution in [2.45, 2.75) is 19.4 Å². The molecule has 122 valence electrons. The van der Waals surface area contributed by atoms with Gasteiger partial charge in [0, 0.05) is 18.3 Å². The molecule has 1 N–H and O–H groups in total. The second kappa shape index (κ2) is 6.45. The van der Waals surface area contributed by atoms with Crippen molar-refractivity contribution in [1.82, 2.24) is 19.9 Å². The first kappa shape index (κ1) is 15.6. The summed E-state index contributed by atoms with van der Waals surface area (Å²) >= 11 is 0. The lowest BCUT2D eigenvalue weighted by molar-refractivity contribution is -0.384. The summed E-state index contributed by atoms with van der Waals surface area (Å²) in [4.78, 5) is 22.9. The minimum atomic E-state index is -0.446. The molecule has 24 heavy (non-hydrogen) atoms. The number of aromatic nitrogens is 3. The van der Waals surface area contributed by atoms with Crippen LogP contribution in [0, 0.1) is 10.1 Å². The number of hydrogen-bond acceptors (Lipinski definition) is 5. The molecule has 1 amide bonds. The predicted octanol–water partition coefficient (Wildman–Crippen LogP) is 2.52. The third-order valence-corrected chi connectivity index (χ3v) is 3.75. The number of fused-ring (bicyclic) bond motifs is 1. The van der Waals surface area contributed by atoms with E-state index in [1.807, 2.05) is 6.92 Å². The van der Waals surface area contributed by atoms with Gasteiger partial charge in [0.25, 0.3) is 11.6 Å². The largest absolute Gasteiger partial charge is 0.345 e. The van der Waals surface area contributed by atoms with Crippen molar-refractivity contribution in [3.05, 3.63) is 70.2 Å². The van der Waals surface area contributed by atoms with Gasteiger partial charge in [0.05, 0.1) is 16.5 Å². The van der Waals surface area contributed by atoms with E-state index < -0.39 is 4.92 Å². The maximum absolute atomic E-state index is 12.5. The van der Waals surface area contributed by atoms with Crippen LogP contribution >= 0.6 is 0 Å². The number of nitro groups is 1. The number of hydrogen-bond donors (Lipinski definition) is 1. The van der Waals surface area contributed by atoms with E-state index in [1.165, 1.54) is 18.5 Å². The lowest BCUT2D eigenvalue weighted by atomic mass is 10.0. The van der Waals surface area contributed by atoms with Crippen LogP contribution in [0.5, 0.6) is 0 Å². The van der Waals surface area contributed by atoms with Crippen LogP contribution in [-0.2, 0) is 0 Å². The normalized spacial score (nSPS) is 12.0. The number of nitrogens with one attached hydrogen (secondary N) is 1. The summed E-state index contributed by atoms with van der Waals surface area (Å²) in [6.07, 6.45) is 3.77. The summed E-state index contributed by atoms with van der Waals surface area (Å²) in [5.74, 6) is -0.260. The summed E-state index contributed by atoms with van der Waals surface area (Å²) < 4.78 is 1.66. The third kappa shape index (κ3) is 3.07. The van der Waals surface area contributed by atoms with Crippen LogP contribution < -0.4 is 5.32 Å². The fourth-order valence-electron chi connectivity index (χ4n) is 2.48. The lowest BCUT2D eigenvalue weighted by Gasteiger charge is -2.17. The van der Waals surface area contributed by atoms with E-state index in [0.717, 1.165) is 0 Å². The van der Waals surface area contributed by atoms with Crippen molar-refractivity contribution in [3.63, 3.8) is 0 Å². The molecule has 0 saturated heterocycles. The molecule has 0 radical (unpaired) electrons. The Bertz CT molecular complexity index is 905. The molecule has 0 fully saturated rings. The van der Waals surface area contributed by atoms with Crippen LogP contribution in [0.2, 0.25) is 0 Å². The third-order valence-electron chi connectivity index (χ3n) is 3.75. The van der Waals surface area contributed by atoms with E-state index in [4.69, 9.17) is 0 Å². The number of nitrogens with zero attached hydrogens (tertiary/aromatic N) is 4. The number of pyridine rings is 1. The molecule has 0 aliphatic heterocycles. The number of nitro benzene ring substituents is 1. The van der Waals surface area contributed by atoms with E-state index in [-0.39, 0.29) is 17.6 Å². The predicted molar refractivity (Wildman–Crippen MR) is 86.6 cm³/mol. The van der Waals surface area contributed by atoms with Crippen molar-refractivity contribution in [1.29, 1.82) is 0 Å². The molecule has 0 bridgehead atoms. The molecule has 2 aromatic heterocycles. The molecule has 8 nitrogen and oxygen atoms in total. The standard InChI is InChI=1S/C16H15N5O3/c1-2-14(11-4-3-5-13(8-11)21(23)24)18-16(22)12-6-7-15-19-17-10-20(15)9-12/h3-10,14H,2H2,1H3,(H,18,22)/t14-/m1/s1. The fourth-order valence-corrected chi connectivity index (χ4v) is 2.48. The van der Waals surface area contributed by atoms with Gasteiger partial charge in [-0.3, -0.25) is 19.3 Å². The first-order valence-corrected chi connectivity index (χ1v) is 7.43. The Kier molecular flexibility index (Phi) is 4.19. The minimum Gasteiger partial charge on any atom is -0.345 e. The average molecular weight is 325 g/mol. The van der Waals surface area contributed by atoms with Crippen molar-refractivity contribution < 1.29 is 9.72 Å². The second-order valence-corrected chi connectivity index (χ2v) is 5.30.